The Labute approximate surface area is 69.5 Å². The molecule has 0 aromatic carbocycles. The van der Waals surface area contributed by atoms with Gasteiger partial charge in [-0.15, -0.1) is 0 Å². The quantitative estimate of drug-likeness (QED) is 0.650. The van der Waals surface area contributed by atoms with Gasteiger partial charge in [-0.25, -0.2) is 0 Å². The lowest BCUT2D eigenvalue weighted by molar-refractivity contribution is 0.344. The average Bonchev–Trinajstić information content (AvgIpc) is 2.03. The fraction of sp³-hybridized carbons (Fsp3) is 0.889. The molecule has 0 amide bonds. The predicted octanol–water partition coefficient (Wildman–Crippen LogP) is 1.62. The molecule has 1 radical (unpaired) electrons. The first-order valence-corrected chi connectivity index (χ1v) is 4.62. The molecule has 0 aliphatic heterocycles. The molecule has 2 nitrogen and oxygen atoms in total. The monoisotopic (exact) mass is 155 g/mol. The highest BCUT2D eigenvalue weighted by Gasteiger charge is 2.12. The van der Waals surface area contributed by atoms with Gasteiger partial charge in [-0.1, -0.05) is 19.3 Å². The van der Waals surface area contributed by atoms with E-state index in [2.05, 4.69) is 5.32 Å². The molecule has 0 aromatic heterocycles. The van der Waals surface area contributed by atoms with E-state index in [-0.39, 0.29) is 0 Å². The normalized spacial score (nSPS) is 21.0. The van der Waals surface area contributed by atoms with Gasteiger partial charge in [0.25, 0.3) is 0 Å². The van der Waals surface area contributed by atoms with E-state index in [4.69, 9.17) is 5.73 Å². The first-order chi connectivity index (χ1) is 5.29. The second-order valence-corrected chi connectivity index (χ2v) is 3.57. The molecule has 0 saturated heterocycles. The van der Waals surface area contributed by atoms with Gasteiger partial charge in [-0.2, -0.15) is 0 Å². The summed E-state index contributed by atoms with van der Waals surface area (Å²) in [6.07, 6.45) is 7.89. The van der Waals surface area contributed by atoms with E-state index in [9.17, 15) is 0 Å². The van der Waals surface area contributed by atoms with Crippen LogP contribution in [0.2, 0.25) is 0 Å². The zero-order chi connectivity index (χ0) is 8.10. The minimum absolute atomic E-state index is 0.857. The Morgan fingerprint density at radius 1 is 1.36 bits per heavy atom. The summed E-state index contributed by atoms with van der Waals surface area (Å²) < 4.78 is 0. The van der Waals surface area contributed by atoms with Crippen LogP contribution in [-0.4, -0.2) is 6.54 Å². The Morgan fingerprint density at radius 2 is 2.00 bits per heavy atom. The molecule has 0 heterocycles. The van der Waals surface area contributed by atoms with Crippen molar-refractivity contribution < 1.29 is 0 Å². The summed E-state index contributed by atoms with van der Waals surface area (Å²) in [5.74, 6) is 0.877. The van der Waals surface area contributed by atoms with Crippen molar-refractivity contribution in [1.29, 1.82) is 0 Å². The molecule has 1 aliphatic rings. The lowest BCUT2D eigenvalue weighted by Crippen LogP contribution is -2.31. The third-order valence-corrected chi connectivity index (χ3v) is 2.39. The largest absolute Gasteiger partial charge is 0.311 e. The van der Waals surface area contributed by atoms with Gasteiger partial charge >= 0.3 is 0 Å². The molecule has 1 fully saturated rings. The van der Waals surface area contributed by atoms with E-state index in [0.717, 1.165) is 18.6 Å². The smallest absolute Gasteiger partial charge is 0.0951 e. The molecule has 0 spiro atoms. The zero-order valence-corrected chi connectivity index (χ0v) is 7.40. The van der Waals surface area contributed by atoms with Crippen molar-refractivity contribution in [2.75, 3.05) is 6.54 Å². The van der Waals surface area contributed by atoms with Crippen molar-refractivity contribution in [3.63, 3.8) is 0 Å². The number of rotatable bonds is 3. The summed E-state index contributed by atoms with van der Waals surface area (Å²) in [6, 6.07) is 0. The number of hydrogen-bond acceptors (Lipinski definition) is 2. The molecule has 65 valence electrons. The molecule has 1 aliphatic carbocycles. The summed E-state index contributed by atoms with van der Waals surface area (Å²) in [4.78, 5) is 0. The van der Waals surface area contributed by atoms with Crippen LogP contribution in [-0.2, 0) is 0 Å². The van der Waals surface area contributed by atoms with Crippen molar-refractivity contribution in [1.82, 2.24) is 5.32 Å². The van der Waals surface area contributed by atoms with Gasteiger partial charge in [0.05, 0.1) is 6.17 Å². The van der Waals surface area contributed by atoms with Crippen LogP contribution in [0.5, 0.6) is 0 Å². The fourth-order valence-electron chi connectivity index (χ4n) is 1.70. The van der Waals surface area contributed by atoms with Gasteiger partial charge in [0.1, 0.15) is 0 Å². The molecule has 1 rings (SSSR count). The van der Waals surface area contributed by atoms with Crippen molar-refractivity contribution in [2.24, 2.45) is 11.7 Å². The Hall–Kier alpha value is -0.0800. The van der Waals surface area contributed by atoms with Crippen LogP contribution in [0.4, 0.5) is 0 Å². The molecular weight excluding hydrogens is 136 g/mol. The maximum absolute atomic E-state index is 5.52. The SMILES string of the molecule is C[C](N)NCC1CCCCC1. The summed E-state index contributed by atoms with van der Waals surface area (Å²) in [5, 5.41) is 3.21. The number of hydrogen-bond donors (Lipinski definition) is 2. The molecule has 0 atom stereocenters. The Kier molecular flexibility index (Phi) is 3.87. The Morgan fingerprint density at radius 3 is 2.55 bits per heavy atom. The van der Waals surface area contributed by atoms with E-state index in [1.807, 2.05) is 6.92 Å². The van der Waals surface area contributed by atoms with E-state index in [1.165, 1.54) is 32.1 Å². The first kappa shape index (κ1) is 9.01. The van der Waals surface area contributed by atoms with Gasteiger partial charge in [-0.05, 0) is 32.2 Å². The van der Waals surface area contributed by atoms with Crippen molar-refractivity contribution in [2.45, 2.75) is 39.0 Å². The molecule has 0 unspecified atom stereocenters. The van der Waals surface area contributed by atoms with Crippen molar-refractivity contribution >= 4 is 0 Å². The molecular formula is C9H19N2. The van der Waals surface area contributed by atoms with Gasteiger partial charge in [0.15, 0.2) is 0 Å². The molecule has 0 bridgehead atoms. The van der Waals surface area contributed by atoms with Gasteiger partial charge < -0.3 is 5.73 Å². The molecule has 11 heavy (non-hydrogen) atoms. The predicted molar refractivity (Wildman–Crippen MR) is 47.7 cm³/mol. The molecule has 1 saturated carbocycles. The fourth-order valence-corrected chi connectivity index (χ4v) is 1.70. The van der Waals surface area contributed by atoms with Crippen LogP contribution in [0.25, 0.3) is 0 Å². The highest BCUT2D eigenvalue weighted by atomic mass is 15.0. The van der Waals surface area contributed by atoms with E-state index in [0.29, 0.717) is 0 Å². The third kappa shape index (κ3) is 3.73. The molecule has 2 heteroatoms. The molecule has 0 aromatic rings. The van der Waals surface area contributed by atoms with E-state index in [1.54, 1.807) is 0 Å². The van der Waals surface area contributed by atoms with Crippen LogP contribution in [0.3, 0.4) is 0 Å². The standard InChI is InChI=1S/C9H19N2/c1-8(10)11-7-9-5-3-2-4-6-9/h9,11H,2-7,10H2,1H3. The number of nitrogens with one attached hydrogen (secondary N) is 1. The van der Waals surface area contributed by atoms with Crippen molar-refractivity contribution in [3.8, 4) is 0 Å². The van der Waals surface area contributed by atoms with Gasteiger partial charge in [0.2, 0.25) is 0 Å². The summed E-state index contributed by atoms with van der Waals surface area (Å²) in [7, 11) is 0. The van der Waals surface area contributed by atoms with Gasteiger partial charge in [0, 0.05) is 0 Å². The van der Waals surface area contributed by atoms with E-state index < -0.39 is 0 Å². The third-order valence-electron chi connectivity index (χ3n) is 2.39. The maximum atomic E-state index is 5.52. The van der Waals surface area contributed by atoms with Crippen LogP contribution in [0.1, 0.15) is 39.0 Å². The second kappa shape index (κ2) is 4.73. The summed E-state index contributed by atoms with van der Waals surface area (Å²) in [6.45, 7) is 3.01. The lowest BCUT2D eigenvalue weighted by Gasteiger charge is -2.22. The lowest BCUT2D eigenvalue weighted by atomic mass is 9.89. The Balaban J connectivity index is 2.05. The second-order valence-electron chi connectivity index (χ2n) is 3.57. The summed E-state index contributed by atoms with van der Waals surface area (Å²) in [5.41, 5.74) is 5.52. The van der Waals surface area contributed by atoms with Crippen LogP contribution < -0.4 is 11.1 Å². The highest BCUT2D eigenvalue weighted by Crippen LogP contribution is 2.22. The van der Waals surface area contributed by atoms with Crippen molar-refractivity contribution in [3.05, 3.63) is 6.17 Å². The molecule has 3 N–H and O–H groups in total. The number of nitrogens with two attached hydrogens (primary N) is 1. The minimum Gasteiger partial charge on any atom is -0.311 e. The van der Waals surface area contributed by atoms with Crippen LogP contribution in [0, 0.1) is 12.1 Å². The topological polar surface area (TPSA) is 38.0 Å². The first-order valence-electron chi connectivity index (χ1n) is 4.62. The van der Waals surface area contributed by atoms with Crippen LogP contribution >= 0.6 is 0 Å². The van der Waals surface area contributed by atoms with Gasteiger partial charge in [-0.3, -0.25) is 5.32 Å². The van der Waals surface area contributed by atoms with Crippen LogP contribution in [0.15, 0.2) is 0 Å². The Bertz CT molecular complexity index is 95.7. The maximum Gasteiger partial charge on any atom is 0.0951 e. The zero-order valence-electron chi connectivity index (χ0n) is 7.40. The van der Waals surface area contributed by atoms with E-state index >= 15 is 0 Å². The highest BCUT2D eigenvalue weighted by molar-refractivity contribution is 4.75. The minimum atomic E-state index is 0.857. The average molecular weight is 155 g/mol. The summed E-state index contributed by atoms with van der Waals surface area (Å²) >= 11 is 0.